The van der Waals surface area contributed by atoms with E-state index < -0.39 is 8.32 Å². The van der Waals surface area contributed by atoms with Crippen LogP contribution in [0, 0.1) is 5.92 Å². The molecule has 0 saturated carbocycles. The zero-order chi connectivity index (χ0) is 22.2. The molecule has 0 aliphatic heterocycles. The Morgan fingerprint density at radius 1 is 0.871 bits per heavy atom. The molecule has 0 amide bonds. The van der Waals surface area contributed by atoms with Crippen LogP contribution in [0.2, 0.25) is 5.04 Å². The molecule has 3 aromatic carbocycles. The van der Waals surface area contributed by atoms with Crippen LogP contribution in [0.25, 0.3) is 0 Å². The van der Waals surface area contributed by atoms with Gasteiger partial charge in [0.2, 0.25) is 0 Å². The van der Waals surface area contributed by atoms with Gasteiger partial charge < -0.3 is 9.16 Å². The van der Waals surface area contributed by atoms with Gasteiger partial charge in [-0.3, -0.25) is 4.79 Å². The second kappa shape index (κ2) is 8.01. The number of hydrogen-bond acceptors (Lipinski definition) is 3. The van der Waals surface area contributed by atoms with Crippen molar-refractivity contribution in [2.45, 2.75) is 39.2 Å². The number of benzene rings is 3. The molecule has 1 aliphatic rings. The van der Waals surface area contributed by atoms with E-state index in [1.807, 2.05) is 31.2 Å². The van der Waals surface area contributed by atoms with Crippen molar-refractivity contribution in [3.8, 4) is 11.5 Å². The number of Topliss-reactive ketones (excluding diaryl/α,β-unsaturated/α-hetero) is 1. The molecule has 0 heterocycles. The van der Waals surface area contributed by atoms with Crippen LogP contribution >= 0.6 is 0 Å². The average molecular weight is 431 g/mol. The Morgan fingerprint density at radius 3 is 1.90 bits per heavy atom. The van der Waals surface area contributed by atoms with E-state index in [0.717, 1.165) is 16.9 Å². The number of hydrogen-bond donors (Lipinski definition) is 0. The number of methoxy groups -OCH3 is 1. The van der Waals surface area contributed by atoms with Crippen molar-refractivity contribution in [1.82, 2.24) is 0 Å². The summed E-state index contributed by atoms with van der Waals surface area (Å²) in [6.45, 7) is 8.75. The first-order chi connectivity index (χ1) is 14.8. The fourth-order valence-corrected chi connectivity index (χ4v) is 9.24. The van der Waals surface area contributed by atoms with Crippen LogP contribution in [-0.2, 0) is 6.42 Å². The fraction of sp³-hybridized carbons (Fsp3) is 0.296. The van der Waals surface area contributed by atoms with Crippen molar-refractivity contribution in [1.29, 1.82) is 0 Å². The molecule has 0 N–H and O–H groups in total. The summed E-state index contributed by atoms with van der Waals surface area (Å²) in [5, 5.41) is 2.23. The average Bonchev–Trinajstić information content (AvgIpc) is 3.06. The lowest BCUT2D eigenvalue weighted by Gasteiger charge is -2.43. The molecule has 1 unspecified atom stereocenters. The van der Waals surface area contributed by atoms with Crippen LogP contribution in [0.5, 0.6) is 11.5 Å². The Kier molecular flexibility index (Phi) is 5.52. The highest BCUT2D eigenvalue weighted by Gasteiger charge is 2.53. The third-order valence-electron chi connectivity index (χ3n) is 6.34. The summed E-state index contributed by atoms with van der Waals surface area (Å²) in [5.74, 6) is 1.56. The molecule has 0 bridgehead atoms. The van der Waals surface area contributed by atoms with Gasteiger partial charge in [-0.2, -0.15) is 0 Å². The van der Waals surface area contributed by atoms with Crippen LogP contribution in [-0.4, -0.2) is 21.2 Å². The second-order valence-corrected chi connectivity index (χ2v) is 13.6. The molecule has 3 nitrogen and oxygen atoms in total. The molecule has 4 rings (SSSR count). The van der Waals surface area contributed by atoms with Gasteiger partial charge in [0.15, 0.2) is 17.3 Å². The maximum absolute atomic E-state index is 12.8. The van der Waals surface area contributed by atoms with Gasteiger partial charge in [-0.25, -0.2) is 0 Å². The van der Waals surface area contributed by atoms with Gasteiger partial charge in [0.05, 0.1) is 7.11 Å². The summed E-state index contributed by atoms with van der Waals surface area (Å²) in [5.41, 5.74) is 1.74. The molecular weight excluding hydrogens is 400 g/mol. The van der Waals surface area contributed by atoms with Crippen molar-refractivity contribution in [3.63, 3.8) is 0 Å². The SMILES string of the molecule is COc1ccc2c(c1O[Si](c1ccccc1)(c1ccccc1)C(C)(C)C)CC(C)C2=O. The molecule has 160 valence electrons. The molecule has 4 heteroatoms. The van der Waals surface area contributed by atoms with Crippen molar-refractivity contribution in [3.05, 3.63) is 83.9 Å². The van der Waals surface area contributed by atoms with Crippen LogP contribution in [0.15, 0.2) is 72.8 Å². The standard InChI is InChI=1S/C27H30O3Si/c1-19-18-23-22(25(19)28)16-17-24(29-5)26(23)30-31(27(2,3)4,20-12-8-6-9-13-20)21-14-10-7-11-15-21/h6-17,19H,18H2,1-5H3. The van der Waals surface area contributed by atoms with E-state index in [4.69, 9.17) is 9.16 Å². The summed E-state index contributed by atoms with van der Waals surface area (Å²) in [7, 11) is -1.15. The molecule has 1 atom stereocenters. The monoisotopic (exact) mass is 430 g/mol. The Balaban J connectivity index is 2.01. The molecule has 31 heavy (non-hydrogen) atoms. The minimum absolute atomic E-state index is 0.0383. The van der Waals surface area contributed by atoms with E-state index in [2.05, 4.69) is 69.3 Å². The van der Waals surface area contributed by atoms with Gasteiger partial charge in [-0.05, 0) is 34.0 Å². The Bertz CT molecular complexity index is 1050. The Labute approximate surface area is 186 Å². The lowest BCUT2D eigenvalue weighted by atomic mass is 10.1. The van der Waals surface area contributed by atoms with Gasteiger partial charge in [0.1, 0.15) is 0 Å². The van der Waals surface area contributed by atoms with Gasteiger partial charge in [0, 0.05) is 17.0 Å². The van der Waals surface area contributed by atoms with E-state index in [0.29, 0.717) is 12.2 Å². The minimum atomic E-state index is -2.82. The zero-order valence-electron chi connectivity index (χ0n) is 18.9. The number of ketones is 1. The minimum Gasteiger partial charge on any atom is -0.531 e. The predicted molar refractivity (Wildman–Crippen MR) is 128 cm³/mol. The summed E-state index contributed by atoms with van der Waals surface area (Å²) in [6, 6.07) is 24.8. The Morgan fingerprint density at radius 2 is 1.42 bits per heavy atom. The molecule has 3 aromatic rings. The molecular formula is C27H30O3Si. The maximum Gasteiger partial charge on any atom is 0.320 e. The van der Waals surface area contributed by atoms with Crippen molar-refractivity contribution < 1.29 is 14.0 Å². The van der Waals surface area contributed by atoms with Gasteiger partial charge in [0.25, 0.3) is 0 Å². The van der Waals surface area contributed by atoms with Crippen molar-refractivity contribution in [2.24, 2.45) is 5.92 Å². The lowest BCUT2D eigenvalue weighted by Crippen LogP contribution is -2.69. The number of carbonyl (C=O) groups excluding carboxylic acids is 1. The third kappa shape index (κ3) is 3.49. The number of rotatable bonds is 5. The number of ether oxygens (including phenoxy) is 1. The quantitative estimate of drug-likeness (QED) is 0.534. The van der Waals surface area contributed by atoms with E-state index in [-0.39, 0.29) is 16.7 Å². The van der Waals surface area contributed by atoms with Crippen LogP contribution < -0.4 is 19.5 Å². The Hall–Kier alpha value is -2.85. The fourth-order valence-electron chi connectivity index (χ4n) is 4.78. The summed E-state index contributed by atoms with van der Waals surface area (Å²) < 4.78 is 13.0. The molecule has 0 spiro atoms. The summed E-state index contributed by atoms with van der Waals surface area (Å²) in [4.78, 5) is 12.8. The first-order valence-electron chi connectivity index (χ1n) is 10.8. The van der Waals surface area contributed by atoms with E-state index >= 15 is 0 Å². The van der Waals surface area contributed by atoms with Gasteiger partial charge in [-0.1, -0.05) is 88.4 Å². The lowest BCUT2D eigenvalue weighted by molar-refractivity contribution is 0.0946. The maximum atomic E-state index is 12.8. The van der Waals surface area contributed by atoms with Crippen LogP contribution in [0.1, 0.15) is 43.6 Å². The largest absolute Gasteiger partial charge is 0.531 e. The number of carbonyl (C=O) groups is 1. The van der Waals surface area contributed by atoms with Crippen molar-refractivity contribution >= 4 is 24.5 Å². The molecule has 0 radical (unpaired) electrons. The highest BCUT2D eigenvalue weighted by molar-refractivity contribution is 7.00. The van der Waals surface area contributed by atoms with Gasteiger partial charge in [-0.15, -0.1) is 0 Å². The first-order valence-corrected chi connectivity index (χ1v) is 12.7. The second-order valence-electron chi connectivity index (χ2n) is 9.36. The van der Waals surface area contributed by atoms with E-state index in [9.17, 15) is 4.79 Å². The van der Waals surface area contributed by atoms with E-state index in [1.165, 1.54) is 10.4 Å². The molecule has 0 fully saturated rings. The van der Waals surface area contributed by atoms with E-state index in [1.54, 1.807) is 7.11 Å². The smallest absolute Gasteiger partial charge is 0.320 e. The molecule has 0 aromatic heterocycles. The highest BCUT2D eigenvalue weighted by Crippen LogP contribution is 2.45. The molecule has 0 saturated heterocycles. The van der Waals surface area contributed by atoms with Crippen LogP contribution in [0.3, 0.4) is 0 Å². The summed E-state index contributed by atoms with van der Waals surface area (Å²) in [6.07, 6.45) is 0.679. The normalized spacial score (nSPS) is 16.2. The first kappa shape index (κ1) is 21.4. The predicted octanol–water partition coefficient (Wildman–Crippen LogP) is 5.01. The third-order valence-corrected chi connectivity index (χ3v) is 11.3. The number of fused-ring (bicyclic) bond motifs is 1. The zero-order valence-corrected chi connectivity index (χ0v) is 19.9. The van der Waals surface area contributed by atoms with Crippen molar-refractivity contribution in [2.75, 3.05) is 7.11 Å². The highest BCUT2D eigenvalue weighted by atomic mass is 28.4. The topological polar surface area (TPSA) is 35.5 Å². The summed E-state index contributed by atoms with van der Waals surface area (Å²) >= 11 is 0. The van der Waals surface area contributed by atoms with Crippen LogP contribution in [0.4, 0.5) is 0 Å². The van der Waals surface area contributed by atoms with Gasteiger partial charge >= 0.3 is 8.32 Å². The molecule has 1 aliphatic carbocycles.